The SMILES string of the molecule is CCCCOc1cc(/C=N\n2c(-c3ccc(F)cc3)n[nH]c2=S)ccc1OC. The van der Waals surface area contributed by atoms with Gasteiger partial charge in [0, 0.05) is 5.56 Å². The Morgan fingerprint density at radius 2 is 2.00 bits per heavy atom. The van der Waals surface area contributed by atoms with Gasteiger partial charge in [0.25, 0.3) is 0 Å². The number of hydrogen-bond acceptors (Lipinski definition) is 5. The summed E-state index contributed by atoms with van der Waals surface area (Å²) in [6.07, 6.45) is 3.67. The first-order valence-electron chi connectivity index (χ1n) is 8.91. The summed E-state index contributed by atoms with van der Waals surface area (Å²) in [5.74, 6) is 1.51. The van der Waals surface area contributed by atoms with Crippen molar-refractivity contribution in [3.05, 3.63) is 58.6 Å². The molecule has 8 heteroatoms. The number of aromatic amines is 1. The van der Waals surface area contributed by atoms with E-state index < -0.39 is 0 Å². The van der Waals surface area contributed by atoms with Gasteiger partial charge in [0.2, 0.25) is 4.77 Å². The number of H-pyrrole nitrogens is 1. The zero-order chi connectivity index (χ0) is 19.9. The molecule has 0 aliphatic carbocycles. The highest BCUT2D eigenvalue weighted by Crippen LogP contribution is 2.28. The van der Waals surface area contributed by atoms with Crippen molar-refractivity contribution in [1.29, 1.82) is 0 Å². The molecule has 1 N–H and O–H groups in total. The van der Waals surface area contributed by atoms with Crippen LogP contribution in [0, 0.1) is 10.6 Å². The van der Waals surface area contributed by atoms with E-state index in [4.69, 9.17) is 21.7 Å². The van der Waals surface area contributed by atoms with Gasteiger partial charge in [-0.25, -0.2) is 9.49 Å². The summed E-state index contributed by atoms with van der Waals surface area (Å²) in [6, 6.07) is 11.5. The Morgan fingerprint density at radius 1 is 1.21 bits per heavy atom. The summed E-state index contributed by atoms with van der Waals surface area (Å²) in [7, 11) is 1.61. The molecule has 0 aliphatic rings. The van der Waals surface area contributed by atoms with Crippen molar-refractivity contribution < 1.29 is 13.9 Å². The maximum Gasteiger partial charge on any atom is 0.216 e. The second-order valence-corrected chi connectivity index (χ2v) is 6.41. The summed E-state index contributed by atoms with van der Waals surface area (Å²) in [5.41, 5.74) is 1.52. The second kappa shape index (κ2) is 9.27. The lowest BCUT2D eigenvalue weighted by atomic mass is 10.2. The third-order valence-corrected chi connectivity index (χ3v) is 4.28. The monoisotopic (exact) mass is 400 g/mol. The molecule has 3 aromatic rings. The van der Waals surface area contributed by atoms with Crippen LogP contribution in [0.2, 0.25) is 0 Å². The highest BCUT2D eigenvalue weighted by Gasteiger charge is 2.09. The predicted molar refractivity (Wildman–Crippen MR) is 109 cm³/mol. The smallest absolute Gasteiger partial charge is 0.216 e. The van der Waals surface area contributed by atoms with E-state index in [1.165, 1.54) is 16.8 Å². The lowest BCUT2D eigenvalue weighted by Gasteiger charge is -2.11. The lowest BCUT2D eigenvalue weighted by Crippen LogP contribution is -2.00. The number of unbranched alkanes of at least 4 members (excludes halogenated alkanes) is 1. The van der Waals surface area contributed by atoms with Crippen LogP contribution < -0.4 is 9.47 Å². The molecule has 0 amide bonds. The number of halogens is 1. The first-order chi connectivity index (χ1) is 13.6. The van der Waals surface area contributed by atoms with Crippen LogP contribution in [-0.4, -0.2) is 34.8 Å². The van der Waals surface area contributed by atoms with E-state index in [-0.39, 0.29) is 5.82 Å². The van der Waals surface area contributed by atoms with Gasteiger partial charge in [-0.3, -0.25) is 0 Å². The van der Waals surface area contributed by atoms with Crippen molar-refractivity contribution in [2.24, 2.45) is 5.10 Å². The van der Waals surface area contributed by atoms with Crippen LogP contribution in [-0.2, 0) is 0 Å². The van der Waals surface area contributed by atoms with E-state index in [2.05, 4.69) is 22.2 Å². The number of nitrogens with zero attached hydrogens (tertiary/aromatic N) is 3. The van der Waals surface area contributed by atoms with Gasteiger partial charge in [0.15, 0.2) is 17.3 Å². The molecule has 0 spiro atoms. The largest absolute Gasteiger partial charge is 0.493 e. The minimum atomic E-state index is -0.318. The van der Waals surface area contributed by atoms with E-state index >= 15 is 0 Å². The topological polar surface area (TPSA) is 64.4 Å². The molecule has 3 rings (SSSR count). The van der Waals surface area contributed by atoms with Crippen molar-refractivity contribution in [1.82, 2.24) is 14.9 Å². The van der Waals surface area contributed by atoms with E-state index in [0.717, 1.165) is 18.4 Å². The van der Waals surface area contributed by atoms with Gasteiger partial charge in [0.05, 0.1) is 19.9 Å². The maximum absolute atomic E-state index is 13.2. The Labute approximate surface area is 167 Å². The maximum atomic E-state index is 13.2. The molecule has 0 unspecified atom stereocenters. The molecule has 0 bridgehead atoms. The minimum absolute atomic E-state index is 0.318. The Kier molecular flexibility index (Phi) is 6.54. The number of rotatable bonds is 8. The molecule has 0 fully saturated rings. The van der Waals surface area contributed by atoms with Gasteiger partial charge >= 0.3 is 0 Å². The van der Waals surface area contributed by atoms with Gasteiger partial charge in [-0.15, -0.1) is 0 Å². The molecule has 1 heterocycles. The number of benzene rings is 2. The average Bonchev–Trinajstić information content (AvgIpc) is 3.08. The first-order valence-corrected chi connectivity index (χ1v) is 9.31. The lowest BCUT2D eigenvalue weighted by molar-refractivity contribution is 0.288. The molecule has 6 nitrogen and oxygen atoms in total. The number of aromatic nitrogens is 3. The van der Waals surface area contributed by atoms with E-state index in [9.17, 15) is 4.39 Å². The van der Waals surface area contributed by atoms with Gasteiger partial charge in [-0.1, -0.05) is 13.3 Å². The van der Waals surface area contributed by atoms with Crippen LogP contribution in [0.1, 0.15) is 25.3 Å². The molecule has 0 saturated carbocycles. The second-order valence-electron chi connectivity index (χ2n) is 6.03. The molecule has 28 heavy (non-hydrogen) atoms. The summed E-state index contributed by atoms with van der Waals surface area (Å²) in [6.45, 7) is 2.73. The zero-order valence-corrected chi connectivity index (χ0v) is 16.5. The Balaban J connectivity index is 1.88. The number of ether oxygens (including phenoxy) is 2. The van der Waals surface area contributed by atoms with Gasteiger partial charge in [-0.05, 0) is 66.7 Å². The molecule has 1 aromatic heterocycles. The highest BCUT2D eigenvalue weighted by molar-refractivity contribution is 7.71. The van der Waals surface area contributed by atoms with E-state index in [1.807, 2.05) is 18.2 Å². The molecule has 0 radical (unpaired) electrons. The highest BCUT2D eigenvalue weighted by atomic mass is 32.1. The third kappa shape index (κ3) is 4.64. The van der Waals surface area contributed by atoms with Crippen molar-refractivity contribution in [3.8, 4) is 22.9 Å². The van der Waals surface area contributed by atoms with Crippen LogP contribution in [0.5, 0.6) is 11.5 Å². The fourth-order valence-corrected chi connectivity index (χ4v) is 2.70. The molecule has 0 aliphatic heterocycles. The number of methoxy groups -OCH3 is 1. The van der Waals surface area contributed by atoms with Gasteiger partial charge in [0.1, 0.15) is 5.82 Å². The normalized spacial score (nSPS) is 11.1. The standard InChI is InChI=1S/C20H21FN4O2S/c1-3-4-11-27-18-12-14(5-10-17(18)26-2)13-22-25-19(23-24-20(25)28)15-6-8-16(21)9-7-15/h5-10,12-13H,3-4,11H2,1-2H3,(H,24,28)/b22-13-. The average molecular weight is 400 g/mol. The van der Waals surface area contributed by atoms with Crippen LogP contribution in [0.4, 0.5) is 4.39 Å². The summed E-state index contributed by atoms with van der Waals surface area (Å²) >= 11 is 5.26. The van der Waals surface area contributed by atoms with Crippen molar-refractivity contribution in [2.45, 2.75) is 19.8 Å². The van der Waals surface area contributed by atoms with Crippen LogP contribution in [0.3, 0.4) is 0 Å². The van der Waals surface area contributed by atoms with Crippen LogP contribution in [0.15, 0.2) is 47.6 Å². The van der Waals surface area contributed by atoms with Gasteiger partial charge < -0.3 is 9.47 Å². The van der Waals surface area contributed by atoms with E-state index in [1.54, 1.807) is 25.5 Å². The van der Waals surface area contributed by atoms with Crippen LogP contribution >= 0.6 is 12.2 Å². The molecule has 2 aromatic carbocycles. The molecule has 0 atom stereocenters. The number of hydrogen-bond donors (Lipinski definition) is 1. The predicted octanol–water partition coefficient (Wildman–Crippen LogP) is 4.82. The first kappa shape index (κ1) is 19.8. The zero-order valence-electron chi connectivity index (χ0n) is 15.7. The summed E-state index contributed by atoms with van der Waals surface area (Å²) in [5, 5.41) is 11.3. The summed E-state index contributed by atoms with van der Waals surface area (Å²) < 4.78 is 26.2. The Morgan fingerprint density at radius 3 is 2.71 bits per heavy atom. The van der Waals surface area contributed by atoms with E-state index in [0.29, 0.717) is 34.3 Å². The summed E-state index contributed by atoms with van der Waals surface area (Å²) in [4.78, 5) is 0. The van der Waals surface area contributed by atoms with Crippen LogP contribution in [0.25, 0.3) is 11.4 Å². The quantitative estimate of drug-likeness (QED) is 0.335. The Bertz CT molecular complexity index is 1010. The molecular formula is C20H21FN4O2S. The Hall–Kier alpha value is -3.00. The van der Waals surface area contributed by atoms with Crippen molar-refractivity contribution in [2.75, 3.05) is 13.7 Å². The molecule has 0 saturated heterocycles. The van der Waals surface area contributed by atoms with Crippen molar-refractivity contribution in [3.63, 3.8) is 0 Å². The van der Waals surface area contributed by atoms with Gasteiger partial charge in [-0.2, -0.15) is 14.9 Å². The minimum Gasteiger partial charge on any atom is -0.493 e. The fourth-order valence-electron chi connectivity index (χ4n) is 2.52. The molecule has 146 valence electrons. The fraction of sp³-hybridized carbons (Fsp3) is 0.250. The molecular weight excluding hydrogens is 379 g/mol. The van der Waals surface area contributed by atoms with Crippen molar-refractivity contribution >= 4 is 18.4 Å². The third-order valence-electron chi connectivity index (χ3n) is 4.02. The number of nitrogens with one attached hydrogen (secondary N) is 1.